The lowest BCUT2D eigenvalue weighted by Crippen LogP contribution is -2.43. The van der Waals surface area contributed by atoms with Gasteiger partial charge in [0.1, 0.15) is 9.75 Å². The van der Waals surface area contributed by atoms with E-state index in [-0.39, 0.29) is 16.0 Å². The van der Waals surface area contributed by atoms with Gasteiger partial charge in [-0.15, -0.1) is 29.8 Å². The van der Waals surface area contributed by atoms with Gasteiger partial charge in [-0.2, -0.15) is 0 Å². The second-order valence-corrected chi connectivity index (χ2v) is 8.14. The molecule has 0 aromatic carbocycles. The normalized spacial score (nSPS) is 40.4. The fourth-order valence-electron chi connectivity index (χ4n) is 2.63. The van der Waals surface area contributed by atoms with Crippen molar-refractivity contribution in [2.45, 2.75) is 33.3 Å². The van der Waals surface area contributed by atoms with Crippen LogP contribution in [-0.2, 0) is 0 Å². The molecule has 0 aromatic rings. The topological polar surface area (TPSA) is 0 Å². The first-order chi connectivity index (χ1) is 8.73. The maximum atomic E-state index is 6.61. The summed E-state index contributed by atoms with van der Waals surface area (Å²) in [7, 11) is 0. The molecule has 1 saturated carbocycles. The predicted octanol–water partition coefficient (Wildman–Crippen LogP) is 6.36. The van der Waals surface area contributed by atoms with Gasteiger partial charge in [0.05, 0.1) is 10.1 Å². The van der Waals surface area contributed by atoms with Crippen LogP contribution in [-0.4, -0.2) is 14.1 Å². The Morgan fingerprint density at radius 2 is 1.74 bits per heavy atom. The Labute approximate surface area is 143 Å². The standard InChI is InChI=1S/C13H12Cl6/c1-2-3-4-5-6-8-7-11(16)9(14)10(15)12(8,17)13(11,18)19/h2,5-6,8H,1,3-4,7H2/b6-5-/t8-,11+,12-/m0/s1. The van der Waals surface area contributed by atoms with Gasteiger partial charge in [0.15, 0.2) is 4.33 Å². The highest BCUT2D eigenvalue weighted by Crippen LogP contribution is 2.74. The van der Waals surface area contributed by atoms with Crippen LogP contribution in [0.5, 0.6) is 0 Å². The van der Waals surface area contributed by atoms with Crippen molar-refractivity contribution >= 4 is 69.6 Å². The Morgan fingerprint density at radius 3 is 2.21 bits per heavy atom. The summed E-state index contributed by atoms with van der Waals surface area (Å²) in [6, 6.07) is 0. The molecule has 0 spiro atoms. The number of hydrogen-bond acceptors (Lipinski definition) is 0. The highest BCUT2D eigenvalue weighted by molar-refractivity contribution is 6.65. The van der Waals surface area contributed by atoms with E-state index in [1.165, 1.54) is 0 Å². The van der Waals surface area contributed by atoms with E-state index >= 15 is 0 Å². The third-order valence-corrected chi connectivity index (χ3v) is 8.03. The molecule has 2 bridgehead atoms. The van der Waals surface area contributed by atoms with Gasteiger partial charge in [0.2, 0.25) is 0 Å². The zero-order valence-corrected chi connectivity index (χ0v) is 14.4. The zero-order chi connectivity index (χ0) is 14.5. The Hall–Kier alpha value is 0.960. The summed E-state index contributed by atoms with van der Waals surface area (Å²) in [5, 5.41) is 0.507. The molecular weight excluding hydrogens is 369 g/mol. The third-order valence-electron chi connectivity index (χ3n) is 3.73. The molecule has 6 heteroatoms. The third kappa shape index (κ3) is 2.02. The van der Waals surface area contributed by atoms with Crippen LogP contribution in [0.1, 0.15) is 19.3 Å². The first-order valence-corrected chi connectivity index (χ1v) is 8.09. The smallest absolute Gasteiger partial charge is 0.110 e. The van der Waals surface area contributed by atoms with Crippen molar-refractivity contribution in [3.8, 4) is 0 Å². The van der Waals surface area contributed by atoms with Gasteiger partial charge in [-0.25, -0.2) is 0 Å². The van der Waals surface area contributed by atoms with Crippen LogP contribution in [0.2, 0.25) is 0 Å². The molecule has 106 valence electrons. The molecule has 1 fully saturated rings. The van der Waals surface area contributed by atoms with Gasteiger partial charge >= 0.3 is 0 Å². The minimum Gasteiger partial charge on any atom is -0.110 e. The van der Waals surface area contributed by atoms with Crippen molar-refractivity contribution in [1.82, 2.24) is 0 Å². The first-order valence-electron chi connectivity index (χ1n) is 5.83. The van der Waals surface area contributed by atoms with Crippen molar-refractivity contribution < 1.29 is 0 Å². The van der Waals surface area contributed by atoms with E-state index in [2.05, 4.69) is 6.58 Å². The zero-order valence-electron chi connectivity index (χ0n) is 9.91. The van der Waals surface area contributed by atoms with E-state index in [1.54, 1.807) is 0 Å². The average Bonchev–Trinajstić information content (AvgIpc) is 2.57. The summed E-state index contributed by atoms with van der Waals surface area (Å²) in [5.41, 5.74) is 0. The molecular formula is C13H12Cl6. The van der Waals surface area contributed by atoms with Gasteiger partial charge in [0.25, 0.3) is 0 Å². The van der Waals surface area contributed by atoms with Gasteiger partial charge in [-0.1, -0.05) is 64.6 Å². The van der Waals surface area contributed by atoms with Crippen molar-refractivity contribution in [2.24, 2.45) is 5.92 Å². The molecule has 0 N–H and O–H groups in total. The maximum absolute atomic E-state index is 6.61. The molecule has 0 heterocycles. The summed E-state index contributed by atoms with van der Waals surface area (Å²) in [6.45, 7) is 3.67. The second-order valence-electron chi connectivity index (χ2n) is 4.82. The van der Waals surface area contributed by atoms with Crippen LogP contribution in [0.3, 0.4) is 0 Å². The summed E-state index contributed by atoms with van der Waals surface area (Å²) < 4.78 is -1.43. The van der Waals surface area contributed by atoms with E-state index < -0.39 is 14.1 Å². The Balaban J connectivity index is 2.34. The van der Waals surface area contributed by atoms with E-state index in [4.69, 9.17) is 69.6 Å². The summed E-state index contributed by atoms with van der Waals surface area (Å²) >= 11 is 38.2. The molecule has 0 nitrogen and oxygen atoms in total. The number of halogens is 6. The number of rotatable bonds is 4. The number of fused-ring (bicyclic) bond motifs is 2. The van der Waals surface area contributed by atoms with E-state index in [0.717, 1.165) is 12.8 Å². The molecule has 2 aliphatic rings. The Kier molecular flexibility index (Phi) is 4.56. The monoisotopic (exact) mass is 378 g/mol. The Bertz CT molecular complexity index is 466. The van der Waals surface area contributed by atoms with Crippen molar-refractivity contribution in [3.63, 3.8) is 0 Å². The van der Waals surface area contributed by atoms with Crippen molar-refractivity contribution in [3.05, 3.63) is 34.9 Å². The summed E-state index contributed by atoms with van der Waals surface area (Å²) in [4.78, 5) is -2.29. The minimum absolute atomic E-state index is 0.151. The lowest BCUT2D eigenvalue weighted by molar-refractivity contribution is 0.565. The largest absolute Gasteiger partial charge is 0.166 e. The maximum Gasteiger partial charge on any atom is 0.166 e. The average molecular weight is 381 g/mol. The molecule has 3 atom stereocenters. The molecule has 19 heavy (non-hydrogen) atoms. The van der Waals surface area contributed by atoms with Crippen LogP contribution in [0.15, 0.2) is 34.9 Å². The van der Waals surface area contributed by atoms with Gasteiger partial charge < -0.3 is 0 Å². The lowest BCUT2D eigenvalue weighted by Gasteiger charge is -2.32. The number of alkyl halides is 4. The fourth-order valence-corrected chi connectivity index (χ4v) is 5.41. The second kappa shape index (κ2) is 5.30. The molecule has 0 amide bonds. The molecule has 0 unspecified atom stereocenters. The van der Waals surface area contributed by atoms with Gasteiger partial charge in [0, 0.05) is 5.92 Å². The Morgan fingerprint density at radius 1 is 1.11 bits per heavy atom. The van der Waals surface area contributed by atoms with Gasteiger partial charge in [-0.05, 0) is 19.3 Å². The molecule has 2 aliphatic carbocycles. The SMILES string of the molecule is C=CCC/C=C\[C@H]1C[C@@]2(Cl)C(Cl)=C(Cl)[C@]1(Cl)C2(Cl)Cl. The van der Waals surface area contributed by atoms with Crippen LogP contribution in [0.25, 0.3) is 0 Å². The molecule has 0 saturated heterocycles. The van der Waals surface area contributed by atoms with E-state index in [0.29, 0.717) is 6.42 Å². The number of hydrogen-bond donors (Lipinski definition) is 0. The highest BCUT2D eigenvalue weighted by atomic mass is 35.5. The van der Waals surface area contributed by atoms with Crippen molar-refractivity contribution in [2.75, 3.05) is 0 Å². The molecule has 0 aliphatic heterocycles. The van der Waals surface area contributed by atoms with Crippen LogP contribution in [0.4, 0.5) is 0 Å². The summed E-state index contributed by atoms with van der Waals surface area (Å²) in [5.74, 6) is -0.151. The molecule has 2 rings (SSSR count). The minimum atomic E-state index is -1.43. The van der Waals surface area contributed by atoms with Crippen LogP contribution in [0, 0.1) is 5.92 Å². The number of unbranched alkanes of at least 4 members (excludes halogenated alkanes) is 1. The van der Waals surface area contributed by atoms with Crippen molar-refractivity contribution in [1.29, 1.82) is 0 Å². The molecule has 0 radical (unpaired) electrons. The molecule has 0 aromatic heterocycles. The lowest BCUT2D eigenvalue weighted by atomic mass is 9.91. The van der Waals surface area contributed by atoms with Gasteiger partial charge in [-0.3, -0.25) is 0 Å². The highest BCUT2D eigenvalue weighted by Gasteiger charge is 2.77. The van der Waals surface area contributed by atoms with E-state index in [1.807, 2.05) is 18.2 Å². The first kappa shape index (κ1) is 16.3. The summed E-state index contributed by atoms with van der Waals surface area (Å²) in [6.07, 6.45) is 8.05. The quantitative estimate of drug-likeness (QED) is 0.302. The van der Waals surface area contributed by atoms with E-state index in [9.17, 15) is 0 Å². The predicted molar refractivity (Wildman–Crippen MR) is 87.0 cm³/mol. The number of allylic oxidation sites excluding steroid dienone is 5. The van der Waals surface area contributed by atoms with Crippen LogP contribution >= 0.6 is 69.6 Å². The van der Waals surface area contributed by atoms with Crippen LogP contribution < -0.4 is 0 Å². The fraction of sp³-hybridized carbons (Fsp3) is 0.538.